The van der Waals surface area contributed by atoms with Gasteiger partial charge in [-0.05, 0) is 69.6 Å². The summed E-state index contributed by atoms with van der Waals surface area (Å²) in [6.07, 6.45) is 0. The van der Waals surface area contributed by atoms with Crippen LogP contribution in [0.15, 0.2) is 209 Å². The van der Waals surface area contributed by atoms with Crippen molar-refractivity contribution >= 4 is 71.7 Å². The van der Waals surface area contributed by atoms with E-state index in [0.717, 1.165) is 71.7 Å². The summed E-state index contributed by atoms with van der Waals surface area (Å²) in [6, 6.07) is 72.0. The SMILES string of the molecule is c1ccc(C2(c3ccccc3)c3ccccc3-c3c(N(c4ccc5c(c4)oc4ccccc45)c4cccc5c4oc4c6ccccc6ccc54)cccc32)cc1. The third-order valence-electron chi connectivity index (χ3n) is 11.9. The second-order valence-electron chi connectivity index (χ2n) is 14.8. The van der Waals surface area contributed by atoms with Crippen LogP contribution < -0.4 is 4.90 Å². The number of hydrogen-bond acceptors (Lipinski definition) is 3. The van der Waals surface area contributed by atoms with E-state index < -0.39 is 5.41 Å². The van der Waals surface area contributed by atoms with Crippen molar-refractivity contribution in [1.29, 1.82) is 0 Å². The van der Waals surface area contributed by atoms with Crippen LogP contribution in [0.1, 0.15) is 22.3 Å². The largest absolute Gasteiger partial charge is 0.456 e. The number of furan rings is 2. The van der Waals surface area contributed by atoms with Gasteiger partial charge in [0.1, 0.15) is 16.7 Å². The molecule has 2 aromatic heterocycles. The lowest BCUT2D eigenvalue weighted by Gasteiger charge is -2.34. The van der Waals surface area contributed by atoms with E-state index in [1.807, 2.05) is 12.1 Å². The summed E-state index contributed by atoms with van der Waals surface area (Å²) in [5.74, 6) is 0. The van der Waals surface area contributed by atoms with E-state index in [2.05, 4.69) is 193 Å². The van der Waals surface area contributed by atoms with Crippen LogP contribution in [0, 0.1) is 0 Å². The summed E-state index contributed by atoms with van der Waals surface area (Å²) >= 11 is 0. The van der Waals surface area contributed by atoms with E-state index >= 15 is 0 Å². The normalized spacial score (nSPS) is 13.1. The predicted octanol–water partition coefficient (Wildman–Crippen LogP) is 14.5. The summed E-state index contributed by atoms with van der Waals surface area (Å²) in [7, 11) is 0. The van der Waals surface area contributed by atoms with Crippen LogP contribution in [-0.2, 0) is 5.41 Å². The molecule has 0 spiro atoms. The third kappa shape index (κ3) is 4.22. The van der Waals surface area contributed by atoms with Crippen LogP contribution >= 0.6 is 0 Å². The maximum Gasteiger partial charge on any atom is 0.159 e. The fourth-order valence-electron chi connectivity index (χ4n) is 9.61. The van der Waals surface area contributed by atoms with Crippen molar-refractivity contribution < 1.29 is 8.83 Å². The zero-order valence-corrected chi connectivity index (χ0v) is 30.3. The first-order valence-electron chi connectivity index (χ1n) is 19.2. The molecule has 0 saturated heterocycles. The Hall–Kier alpha value is -7.36. The first-order valence-corrected chi connectivity index (χ1v) is 19.2. The molecule has 0 bridgehead atoms. The van der Waals surface area contributed by atoms with Crippen LogP contribution in [0.3, 0.4) is 0 Å². The second kappa shape index (κ2) is 11.8. The average Bonchev–Trinajstić information content (AvgIpc) is 3.93. The van der Waals surface area contributed by atoms with Gasteiger partial charge in [-0.2, -0.15) is 0 Å². The van der Waals surface area contributed by atoms with Crippen molar-refractivity contribution in [2.45, 2.75) is 5.41 Å². The fourth-order valence-corrected chi connectivity index (χ4v) is 9.61. The van der Waals surface area contributed by atoms with Gasteiger partial charge >= 0.3 is 0 Å². The van der Waals surface area contributed by atoms with Gasteiger partial charge in [0.2, 0.25) is 0 Å². The lowest BCUT2D eigenvalue weighted by atomic mass is 9.68. The van der Waals surface area contributed by atoms with E-state index in [4.69, 9.17) is 8.83 Å². The molecule has 0 unspecified atom stereocenters. The lowest BCUT2D eigenvalue weighted by molar-refractivity contribution is 0.668. The molecular weight excluding hydrogens is 683 g/mol. The predicted molar refractivity (Wildman–Crippen MR) is 230 cm³/mol. The van der Waals surface area contributed by atoms with Crippen molar-refractivity contribution in [1.82, 2.24) is 0 Å². The Bertz CT molecular complexity index is 3280. The molecule has 0 radical (unpaired) electrons. The Balaban J connectivity index is 1.20. The Morgan fingerprint density at radius 1 is 0.375 bits per heavy atom. The molecule has 9 aromatic carbocycles. The van der Waals surface area contributed by atoms with Crippen molar-refractivity contribution in [3.8, 4) is 11.1 Å². The first kappa shape index (κ1) is 31.0. The van der Waals surface area contributed by atoms with Crippen molar-refractivity contribution in [2.75, 3.05) is 4.90 Å². The molecule has 3 heteroatoms. The van der Waals surface area contributed by atoms with Crippen LogP contribution in [-0.4, -0.2) is 0 Å². The Kier molecular flexibility index (Phi) is 6.55. The number of para-hydroxylation sites is 2. The maximum absolute atomic E-state index is 7.06. The molecule has 0 atom stereocenters. The summed E-state index contributed by atoms with van der Waals surface area (Å²) < 4.78 is 13.6. The molecule has 262 valence electrons. The number of rotatable bonds is 5. The zero-order chi connectivity index (χ0) is 36.8. The Morgan fingerprint density at radius 2 is 0.982 bits per heavy atom. The molecule has 0 saturated carbocycles. The Labute approximate surface area is 323 Å². The standard InChI is InChI=1S/C53H33NO2/c1-3-16-35(17-4-1)53(36-18-5-2-6-19-36)44-24-11-9-22-43(44)50-45(53)25-14-26-46(50)54(37-30-32-40-39-21-10-12-28-48(39)55-49(40)33-37)47-27-13-23-41-42-31-29-34-15-7-8-20-38(34)51(42)56-52(41)47/h1-33H. The number of anilines is 3. The summed E-state index contributed by atoms with van der Waals surface area (Å²) in [5.41, 5.74) is 13.3. The van der Waals surface area contributed by atoms with E-state index in [1.165, 1.54) is 33.4 Å². The number of nitrogens with zero attached hydrogens (tertiary/aromatic N) is 1. The minimum atomic E-state index is -0.539. The summed E-state index contributed by atoms with van der Waals surface area (Å²) in [5, 5.41) is 6.64. The van der Waals surface area contributed by atoms with Gasteiger partial charge in [0.25, 0.3) is 0 Å². The molecular formula is C53H33NO2. The highest BCUT2D eigenvalue weighted by Crippen LogP contribution is 2.60. The van der Waals surface area contributed by atoms with Crippen molar-refractivity contribution in [3.63, 3.8) is 0 Å². The number of benzene rings is 9. The summed E-state index contributed by atoms with van der Waals surface area (Å²) in [6.45, 7) is 0. The molecule has 2 heterocycles. The molecule has 1 aliphatic rings. The van der Waals surface area contributed by atoms with E-state index in [-0.39, 0.29) is 0 Å². The van der Waals surface area contributed by atoms with Crippen LogP contribution in [0.2, 0.25) is 0 Å². The maximum atomic E-state index is 7.06. The van der Waals surface area contributed by atoms with Gasteiger partial charge in [0.15, 0.2) is 5.58 Å². The highest BCUT2D eigenvalue weighted by molar-refractivity contribution is 6.18. The third-order valence-corrected chi connectivity index (χ3v) is 11.9. The first-order chi connectivity index (χ1) is 27.8. The minimum Gasteiger partial charge on any atom is -0.456 e. The van der Waals surface area contributed by atoms with E-state index in [0.29, 0.717) is 0 Å². The van der Waals surface area contributed by atoms with E-state index in [1.54, 1.807) is 0 Å². The van der Waals surface area contributed by atoms with Crippen molar-refractivity contribution in [2.24, 2.45) is 0 Å². The van der Waals surface area contributed by atoms with Crippen LogP contribution in [0.25, 0.3) is 65.8 Å². The molecule has 0 N–H and O–H groups in total. The molecule has 11 aromatic rings. The molecule has 3 nitrogen and oxygen atoms in total. The Morgan fingerprint density at radius 3 is 1.82 bits per heavy atom. The zero-order valence-electron chi connectivity index (χ0n) is 30.3. The topological polar surface area (TPSA) is 29.5 Å². The van der Waals surface area contributed by atoms with Gasteiger partial charge in [-0.15, -0.1) is 0 Å². The monoisotopic (exact) mass is 715 g/mol. The molecule has 0 amide bonds. The fraction of sp³-hybridized carbons (Fsp3) is 0.0189. The quantitative estimate of drug-likeness (QED) is 0.178. The second-order valence-corrected chi connectivity index (χ2v) is 14.8. The van der Waals surface area contributed by atoms with Gasteiger partial charge < -0.3 is 13.7 Å². The van der Waals surface area contributed by atoms with Crippen LogP contribution in [0.5, 0.6) is 0 Å². The lowest BCUT2D eigenvalue weighted by Crippen LogP contribution is -2.28. The number of hydrogen-bond donors (Lipinski definition) is 0. The highest BCUT2D eigenvalue weighted by Gasteiger charge is 2.47. The van der Waals surface area contributed by atoms with Gasteiger partial charge in [0, 0.05) is 38.6 Å². The molecule has 0 fully saturated rings. The molecule has 56 heavy (non-hydrogen) atoms. The van der Waals surface area contributed by atoms with Gasteiger partial charge in [-0.25, -0.2) is 0 Å². The summed E-state index contributed by atoms with van der Waals surface area (Å²) in [4.78, 5) is 2.39. The number of fused-ring (bicyclic) bond motifs is 11. The van der Waals surface area contributed by atoms with Crippen molar-refractivity contribution in [3.05, 3.63) is 222 Å². The minimum absolute atomic E-state index is 0.539. The molecule has 1 aliphatic carbocycles. The van der Waals surface area contributed by atoms with Crippen LogP contribution in [0.4, 0.5) is 17.1 Å². The van der Waals surface area contributed by atoms with E-state index in [9.17, 15) is 0 Å². The smallest absolute Gasteiger partial charge is 0.159 e. The average molecular weight is 716 g/mol. The van der Waals surface area contributed by atoms with Gasteiger partial charge in [-0.1, -0.05) is 158 Å². The molecule has 0 aliphatic heterocycles. The van der Waals surface area contributed by atoms with Gasteiger partial charge in [0.05, 0.1) is 22.5 Å². The van der Waals surface area contributed by atoms with Gasteiger partial charge in [-0.3, -0.25) is 0 Å². The molecule has 12 rings (SSSR count). The highest BCUT2D eigenvalue weighted by atomic mass is 16.3.